The van der Waals surface area contributed by atoms with Crippen LogP contribution in [0.3, 0.4) is 0 Å². The van der Waals surface area contributed by atoms with Crippen molar-refractivity contribution in [2.75, 3.05) is 0 Å². The summed E-state index contributed by atoms with van der Waals surface area (Å²) in [6.07, 6.45) is 0. The molecule has 1 rings (SSSR count). The zero-order valence-corrected chi connectivity index (χ0v) is 10.3. The largest absolute Gasteiger partial charge is 0.307 e. The van der Waals surface area contributed by atoms with E-state index in [1.165, 1.54) is 0 Å². The number of carbonyl (C=O) groups excluding carboxylic acids is 4. The fourth-order valence-electron chi connectivity index (χ4n) is 0.673. The average Bonchev–Trinajstić information content (AvgIpc) is 2.38. The van der Waals surface area contributed by atoms with E-state index in [4.69, 9.17) is 14.4 Å². The first-order chi connectivity index (χ1) is 7.30. The van der Waals surface area contributed by atoms with Crippen molar-refractivity contribution in [3.05, 3.63) is 35.9 Å². The van der Waals surface area contributed by atoms with Crippen LogP contribution in [0.25, 0.3) is 0 Å². The summed E-state index contributed by atoms with van der Waals surface area (Å²) in [7, 11) is 0. The summed E-state index contributed by atoms with van der Waals surface area (Å²) < 4.78 is 0. The van der Waals surface area contributed by atoms with Gasteiger partial charge in [0.2, 0.25) is 0 Å². The van der Waals surface area contributed by atoms with Crippen LogP contribution >= 0.6 is 0 Å². The Morgan fingerprint density at radius 1 is 0.875 bits per heavy atom. The summed E-state index contributed by atoms with van der Waals surface area (Å²) in [6, 6.07) is 9.23. The molecule has 88 valence electrons. The molecule has 0 aliphatic rings. The van der Waals surface area contributed by atoms with Crippen LogP contribution in [0, 0.1) is 0 Å². The van der Waals surface area contributed by atoms with E-state index < -0.39 is 0 Å². The van der Waals surface area contributed by atoms with Crippen LogP contribution in [0.2, 0.25) is 0 Å². The van der Waals surface area contributed by atoms with Gasteiger partial charge >= 0.3 is 0 Å². The van der Waals surface area contributed by atoms with Gasteiger partial charge < -0.3 is 14.4 Å². The number of hydrogen-bond acceptors (Lipinski definition) is 4. The van der Waals surface area contributed by atoms with Gasteiger partial charge in [0.25, 0.3) is 0 Å². The molecule has 0 radical (unpaired) electrons. The monoisotopic (exact) mass is 262 g/mol. The van der Waals surface area contributed by atoms with Gasteiger partial charge in [-0.05, 0) is 6.92 Å². The first kappa shape index (κ1) is 23.9. The maximum Gasteiger partial charge on any atom is 0.159 e. The molecule has 0 heterocycles. The molecule has 0 unspecified atom stereocenters. The predicted molar refractivity (Wildman–Crippen MR) is 57.8 cm³/mol. The Balaban J connectivity index is -0.0000000900. The van der Waals surface area contributed by atoms with Crippen molar-refractivity contribution in [2.24, 2.45) is 0 Å². The minimum Gasteiger partial charge on any atom is -0.307 e. The molecule has 16 heavy (non-hydrogen) atoms. The number of Topliss-reactive ketones (excluding diaryl/α,β-unsaturated/α-hetero) is 1. The minimum atomic E-state index is 0. The third kappa shape index (κ3) is 14.9. The Morgan fingerprint density at radius 3 is 1.38 bits per heavy atom. The molecule has 0 saturated heterocycles. The number of benzene rings is 1. The molecule has 0 aliphatic heterocycles. The maximum atomic E-state index is 10.6. The predicted octanol–water partition coefficient (Wildman–Crippen LogP) is 1.33. The molecule has 1 aromatic carbocycles. The van der Waals surface area contributed by atoms with Crippen molar-refractivity contribution in [1.82, 2.24) is 0 Å². The molecular formula is C11H14CrO4. The van der Waals surface area contributed by atoms with Gasteiger partial charge in [-0.3, -0.25) is 4.79 Å². The molecule has 0 fully saturated rings. The molecule has 5 heteroatoms. The molecule has 1 aromatic rings. The summed E-state index contributed by atoms with van der Waals surface area (Å²) in [5.74, 6) is 0.121. The van der Waals surface area contributed by atoms with E-state index in [9.17, 15) is 4.79 Å². The first-order valence-corrected chi connectivity index (χ1v) is 3.73. The van der Waals surface area contributed by atoms with Crippen molar-refractivity contribution in [3.8, 4) is 0 Å². The maximum absolute atomic E-state index is 10.6. The molecule has 0 spiro atoms. The molecule has 0 atom stereocenters. The Bertz CT molecular complexity index is 247. The van der Waals surface area contributed by atoms with Crippen molar-refractivity contribution in [3.63, 3.8) is 0 Å². The topological polar surface area (TPSA) is 68.3 Å². The summed E-state index contributed by atoms with van der Waals surface area (Å²) in [6.45, 7) is 7.56. The molecule has 0 saturated carbocycles. The summed E-state index contributed by atoms with van der Waals surface area (Å²) in [4.78, 5) is 34.6. The van der Waals surface area contributed by atoms with E-state index in [-0.39, 0.29) is 23.1 Å². The van der Waals surface area contributed by atoms with Gasteiger partial charge in [0, 0.05) is 22.9 Å². The van der Waals surface area contributed by atoms with Crippen molar-refractivity contribution in [1.29, 1.82) is 0 Å². The van der Waals surface area contributed by atoms with E-state index in [0.29, 0.717) is 0 Å². The molecule has 0 aliphatic carbocycles. The SMILES string of the molecule is C=O.C=O.C=O.CC(=O)c1ccccc1.[Cr]. The summed E-state index contributed by atoms with van der Waals surface area (Å²) in [5.41, 5.74) is 0.775. The van der Waals surface area contributed by atoms with E-state index in [0.717, 1.165) is 5.56 Å². The van der Waals surface area contributed by atoms with Crippen molar-refractivity contribution in [2.45, 2.75) is 6.92 Å². The molecular weight excluding hydrogens is 248 g/mol. The van der Waals surface area contributed by atoms with Gasteiger partial charge in [0.15, 0.2) is 5.78 Å². The minimum absolute atomic E-state index is 0. The summed E-state index contributed by atoms with van der Waals surface area (Å²) >= 11 is 0. The van der Waals surface area contributed by atoms with E-state index in [1.54, 1.807) is 6.92 Å². The van der Waals surface area contributed by atoms with Crippen LogP contribution in [-0.2, 0) is 31.7 Å². The number of hydrogen-bond donors (Lipinski definition) is 0. The third-order valence-corrected chi connectivity index (χ3v) is 1.18. The van der Waals surface area contributed by atoms with Crippen LogP contribution in [0.15, 0.2) is 30.3 Å². The number of rotatable bonds is 1. The normalized spacial score (nSPS) is 5.81. The van der Waals surface area contributed by atoms with E-state index in [1.807, 2.05) is 50.7 Å². The number of ketones is 1. The van der Waals surface area contributed by atoms with Crippen molar-refractivity contribution < 1.29 is 36.5 Å². The zero-order valence-electron chi connectivity index (χ0n) is 9.05. The molecule has 0 aromatic heterocycles. The Kier molecular flexibility index (Phi) is 34.9. The second kappa shape index (κ2) is 23.3. The molecule has 0 amide bonds. The average molecular weight is 262 g/mol. The van der Waals surface area contributed by atoms with Crippen LogP contribution in [0.5, 0.6) is 0 Å². The van der Waals surface area contributed by atoms with Gasteiger partial charge in [-0.25, -0.2) is 0 Å². The van der Waals surface area contributed by atoms with Gasteiger partial charge in [-0.15, -0.1) is 0 Å². The molecule has 4 nitrogen and oxygen atoms in total. The summed E-state index contributed by atoms with van der Waals surface area (Å²) in [5, 5.41) is 0. The van der Waals surface area contributed by atoms with Crippen LogP contribution in [0.1, 0.15) is 17.3 Å². The van der Waals surface area contributed by atoms with E-state index >= 15 is 0 Å². The Labute approximate surface area is 106 Å². The molecule has 0 N–H and O–H groups in total. The third-order valence-electron chi connectivity index (χ3n) is 1.18. The first-order valence-electron chi connectivity index (χ1n) is 3.73. The van der Waals surface area contributed by atoms with Crippen LogP contribution in [-0.4, -0.2) is 26.2 Å². The second-order valence-corrected chi connectivity index (χ2v) is 1.92. The van der Waals surface area contributed by atoms with Crippen LogP contribution in [0.4, 0.5) is 0 Å². The van der Waals surface area contributed by atoms with Gasteiger partial charge in [-0.2, -0.15) is 0 Å². The Hall–Kier alpha value is -1.57. The fraction of sp³-hybridized carbons (Fsp3) is 0.0909. The standard InChI is InChI=1S/C8H8O.3CH2O.Cr/c1-7(9)8-5-3-2-4-6-8;3*1-2;/h2-6H,1H3;3*1H2;. The van der Waals surface area contributed by atoms with Gasteiger partial charge in [0.05, 0.1) is 0 Å². The van der Waals surface area contributed by atoms with Crippen molar-refractivity contribution >= 4 is 26.2 Å². The smallest absolute Gasteiger partial charge is 0.159 e. The zero-order chi connectivity index (χ0) is 12.7. The Morgan fingerprint density at radius 2 is 1.19 bits per heavy atom. The fourth-order valence-corrected chi connectivity index (χ4v) is 0.673. The van der Waals surface area contributed by atoms with Gasteiger partial charge in [0.1, 0.15) is 20.4 Å². The van der Waals surface area contributed by atoms with E-state index in [2.05, 4.69) is 0 Å². The van der Waals surface area contributed by atoms with Gasteiger partial charge in [-0.1, -0.05) is 30.3 Å². The molecule has 0 bridgehead atoms. The second-order valence-electron chi connectivity index (χ2n) is 1.92. The number of carbonyl (C=O) groups is 4. The van der Waals surface area contributed by atoms with Crippen LogP contribution < -0.4 is 0 Å². The quantitative estimate of drug-likeness (QED) is 0.716.